The number of hydrogen-bond acceptors (Lipinski definition) is 4. The lowest BCUT2D eigenvalue weighted by Crippen LogP contribution is -2.37. The van der Waals surface area contributed by atoms with Gasteiger partial charge in [0.1, 0.15) is 0 Å². The Morgan fingerprint density at radius 3 is 2.53 bits per heavy atom. The van der Waals surface area contributed by atoms with Gasteiger partial charge in [0.05, 0.1) is 18.4 Å². The highest BCUT2D eigenvalue weighted by Crippen LogP contribution is 2.07. The van der Waals surface area contributed by atoms with E-state index in [0.29, 0.717) is 13.2 Å². The molecule has 0 bridgehead atoms. The molecule has 0 aromatic rings. The van der Waals surface area contributed by atoms with Gasteiger partial charge in [-0.05, 0) is 12.8 Å². The van der Waals surface area contributed by atoms with Crippen LogP contribution in [0.5, 0.6) is 0 Å². The third-order valence-corrected chi connectivity index (χ3v) is 3.93. The molecule has 0 aromatic carbocycles. The van der Waals surface area contributed by atoms with Crippen molar-refractivity contribution >= 4 is 10.0 Å². The van der Waals surface area contributed by atoms with Crippen LogP contribution in [0.15, 0.2) is 0 Å². The maximum absolute atomic E-state index is 12.0. The average molecular weight is 262 g/mol. The van der Waals surface area contributed by atoms with E-state index in [4.69, 9.17) is 10.00 Å². The van der Waals surface area contributed by atoms with Gasteiger partial charge in [-0.25, -0.2) is 12.7 Å². The third kappa shape index (κ3) is 7.31. The molecule has 0 N–H and O–H groups in total. The summed E-state index contributed by atoms with van der Waals surface area (Å²) in [6.45, 7) is 7.18. The lowest BCUT2D eigenvalue weighted by Gasteiger charge is -2.22. The lowest BCUT2D eigenvalue weighted by atomic mass is 10.2. The first-order chi connectivity index (χ1) is 7.94. The largest absolute Gasteiger partial charge is 0.381 e. The van der Waals surface area contributed by atoms with Crippen LogP contribution in [0.2, 0.25) is 0 Å². The van der Waals surface area contributed by atoms with Crippen molar-refractivity contribution in [2.45, 2.75) is 27.2 Å². The number of nitriles is 1. The quantitative estimate of drug-likeness (QED) is 0.586. The van der Waals surface area contributed by atoms with Gasteiger partial charge in [0, 0.05) is 26.1 Å². The number of rotatable bonds is 9. The van der Waals surface area contributed by atoms with Crippen LogP contribution in [0, 0.1) is 17.2 Å². The fourth-order valence-corrected chi connectivity index (χ4v) is 2.84. The number of ether oxygens (including phenoxy) is 1. The summed E-state index contributed by atoms with van der Waals surface area (Å²) >= 11 is 0. The van der Waals surface area contributed by atoms with E-state index >= 15 is 0 Å². The fourth-order valence-electron chi connectivity index (χ4n) is 1.36. The molecule has 0 aromatic heterocycles. The van der Waals surface area contributed by atoms with Crippen molar-refractivity contribution in [3.05, 3.63) is 0 Å². The van der Waals surface area contributed by atoms with E-state index in [0.717, 1.165) is 0 Å². The number of nitrogens with zero attached hydrogens (tertiary/aromatic N) is 2. The second-order valence-corrected chi connectivity index (χ2v) is 6.26. The van der Waals surface area contributed by atoms with Gasteiger partial charge in [-0.1, -0.05) is 13.8 Å². The monoisotopic (exact) mass is 262 g/mol. The second kappa shape index (κ2) is 8.45. The minimum Gasteiger partial charge on any atom is -0.381 e. The minimum absolute atomic E-state index is 0.0149. The molecule has 0 unspecified atom stereocenters. The van der Waals surface area contributed by atoms with E-state index in [1.165, 1.54) is 4.31 Å². The third-order valence-electron chi connectivity index (χ3n) is 2.12. The lowest BCUT2D eigenvalue weighted by molar-refractivity contribution is 0.162. The Kier molecular flexibility index (Phi) is 8.13. The van der Waals surface area contributed by atoms with Crippen molar-refractivity contribution in [2.24, 2.45) is 5.92 Å². The highest BCUT2D eigenvalue weighted by Gasteiger charge is 2.22. The fraction of sp³-hybridized carbons (Fsp3) is 0.909. The first kappa shape index (κ1) is 16.4. The van der Waals surface area contributed by atoms with E-state index in [9.17, 15) is 8.42 Å². The minimum atomic E-state index is -3.30. The van der Waals surface area contributed by atoms with Crippen molar-refractivity contribution in [1.82, 2.24) is 4.31 Å². The molecular weight excluding hydrogens is 240 g/mol. The Morgan fingerprint density at radius 1 is 1.41 bits per heavy atom. The summed E-state index contributed by atoms with van der Waals surface area (Å²) < 4.78 is 30.4. The molecule has 6 heteroatoms. The molecule has 0 aliphatic heterocycles. The van der Waals surface area contributed by atoms with Crippen molar-refractivity contribution in [3.63, 3.8) is 0 Å². The molecule has 0 fully saturated rings. The molecule has 0 saturated carbocycles. The van der Waals surface area contributed by atoms with Crippen molar-refractivity contribution in [1.29, 1.82) is 5.26 Å². The molecule has 0 radical (unpaired) electrons. The molecule has 0 rings (SSSR count). The maximum atomic E-state index is 12.0. The van der Waals surface area contributed by atoms with Crippen LogP contribution in [0.3, 0.4) is 0 Å². The Labute approximate surface area is 104 Å². The van der Waals surface area contributed by atoms with E-state index in [-0.39, 0.29) is 31.2 Å². The summed E-state index contributed by atoms with van der Waals surface area (Å²) in [7, 11) is -3.30. The molecule has 0 aliphatic rings. The topological polar surface area (TPSA) is 70.4 Å². The summed E-state index contributed by atoms with van der Waals surface area (Å²) in [6, 6.07) is 1.97. The van der Waals surface area contributed by atoms with Gasteiger partial charge in [0.25, 0.3) is 0 Å². The zero-order valence-corrected chi connectivity index (χ0v) is 11.7. The van der Waals surface area contributed by atoms with E-state index < -0.39 is 10.0 Å². The molecule has 5 nitrogen and oxygen atoms in total. The predicted octanol–water partition coefficient (Wildman–Crippen LogP) is 1.22. The molecule has 100 valence electrons. The van der Waals surface area contributed by atoms with E-state index in [1.807, 2.05) is 26.8 Å². The van der Waals surface area contributed by atoms with Gasteiger partial charge in [0.2, 0.25) is 10.0 Å². The van der Waals surface area contributed by atoms with Gasteiger partial charge < -0.3 is 4.74 Å². The van der Waals surface area contributed by atoms with Crippen LogP contribution in [-0.2, 0) is 14.8 Å². The SMILES string of the molecule is CCOCCS(=O)(=O)N(CCC#N)CC(C)C. The highest BCUT2D eigenvalue weighted by atomic mass is 32.2. The Morgan fingerprint density at radius 2 is 2.06 bits per heavy atom. The maximum Gasteiger partial charge on any atom is 0.216 e. The standard InChI is InChI=1S/C11H22N2O3S/c1-4-16-8-9-17(14,15)13(7-5-6-12)10-11(2)3/h11H,4-5,7-10H2,1-3H3. The van der Waals surface area contributed by atoms with Crippen LogP contribution in [0.4, 0.5) is 0 Å². The zero-order valence-electron chi connectivity index (χ0n) is 10.8. The molecule has 0 heterocycles. The van der Waals surface area contributed by atoms with Crippen LogP contribution in [-0.4, -0.2) is 44.8 Å². The number of sulfonamides is 1. The van der Waals surface area contributed by atoms with Gasteiger partial charge in [-0.3, -0.25) is 0 Å². The molecule has 0 atom stereocenters. The van der Waals surface area contributed by atoms with Crippen molar-refractivity contribution < 1.29 is 13.2 Å². The first-order valence-electron chi connectivity index (χ1n) is 5.86. The molecule has 0 amide bonds. The Hall–Kier alpha value is -0.640. The first-order valence-corrected chi connectivity index (χ1v) is 7.47. The van der Waals surface area contributed by atoms with Crippen LogP contribution < -0.4 is 0 Å². The van der Waals surface area contributed by atoms with Gasteiger partial charge >= 0.3 is 0 Å². The van der Waals surface area contributed by atoms with Gasteiger partial charge in [-0.15, -0.1) is 0 Å². The Bertz CT molecular complexity index is 333. The van der Waals surface area contributed by atoms with Crippen LogP contribution >= 0.6 is 0 Å². The highest BCUT2D eigenvalue weighted by molar-refractivity contribution is 7.89. The normalized spacial score (nSPS) is 12.0. The molecule has 0 spiro atoms. The predicted molar refractivity (Wildman–Crippen MR) is 66.9 cm³/mol. The van der Waals surface area contributed by atoms with Crippen LogP contribution in [0.25, 0.3) is 0 Å². The summed E-state index contributed by atoms with van der Waals surface area (Å²) in [5.74, 6) is 0.231. The van der Waals surface area contributed by atoms with Crippen molar-refractivity contribution in [2.75, 3.05) is 32.1 Å². The summed E-state index contributed by atoms with van der Waals surface area (Å²) in [5.41, 5.74) is 0. The van der Waals surface area contributed by atoms with Gasteiger partial charge in [0.15, 0.2) is 0 Å². The van der Waals surface area contributed by atoms with Crippen molar-refractivity contribution in [3.8, 4) is 6.07 Å². The molecule has 0 aliphatic carbocycles. The average Bonchev–Trinajstić information content (AvgIpc) is 2.23. The molecule has 0 saturated heterocycles. The molecule has 17 heavy (non-hydrogen) atoms. The Balaban J connectivity index is 4.48. The molecular formula is C11H22N2O3S. The van der Waals surface area contributed by atoms with E-state index in [2.05, 4.69) is 0 Å². The van der Waals surface area contributed by atoms with Crippen LogP contribution in [0.1, 0.15) is 27.2 Å². The second-order valence-electron chi connectivity index (χ2n) is 4.17. The summed E-state index contributed by atoms with van der Waals surface area (Å²) in [5, 5.41) is 8.53. The smallest absolute Gasteiger partial charge is 0.216 e. The number of hydrogen-bond donors (Lipinski definition) is 0. The van der Waals surface area contributed by atoms with E-state index in [1.54, 1.807) is 0 Å². The zero-order chi connectivity index (χ0) is 13.3. The van der Waals surface area contributed by atoms with Gasteiger partial charge in [-0.2, -0.15) is 5.26 Å². The summed E-state index contributed by atoms with van der Waals surface area (Å²) in [6.07, 6.45) is 0.223. The summed E-state index contributed by atoms with van der Waals surface area (Å²) in [4.78, 5) is 0.